The molecule has 2 aliphatic rings. The van der Waals surface area contributed by atoms with Crippen molar-refractivity contribution in [2.24, 2.45) is 17.8 Å². The number of rotatable bonds is 3. The van der Waals surface area contributed by atoms with Gasteiger partial charge in [-0.2, -0.15) is 0 Å². The van der Waals surface area contributed by atoms with Gasteiger partial charge in [0.25, 0.3) is 0 Å². The maximum Gasteiger partial charge on any atom is 0.0104 e. The average Bonchev–Trinajstić information content (AvgIpc) is 2.53. The van der Waals surface area contributed by atoms with Crippen LogP contribution in [0.1, 0.15) is 46.0 Å². The van der Waals surface area contributed by atoms with Crippen LogP contribution in [0.2, 0.25) is 0 Å². The number of likely N-dealkylation sites (tertiary alicyclic amines) is 1. The van der Waals surface area contributed by atoms with E-state index in [4.69, 9.17) is 0 Å². The Bertz CT molecular complexity index is 219. The molecule has 0 aromatic rings. The van der Waals surface area contributed by atoms with Gasteiger partial charge < -0.3 is 10.2 Å². The summed E-state index contributed by atoms with van der Waals surface area (Å²) in [6.07, 6.45) is 7.14. The second-order valence-corrected chi connectivity index (χ2v) is 6.47. The van der Waals surface area contributed by atoms with Crippen molar-refractivity contribution in [3.05, 3.63) is 0 Å². The van der Waals surface area contributed by atoms with Gasteiger partial charge in [0.05, 0.1) is 0 Å². The topological polar surface area (TPSA) is 15.3 Å². The second kappa shape index (κ2) is 6.19. The molecule has 1 saturated heterocycles. The molecule has 1 heterocycles. The molecular weight excluding hydrogens is 208 g/mol. The Balaban J connectivity index is 1.87. The van der Waals surface area contributed by atoms with E-state index in [1.807, 2.05) is 0 Å². The molecule has 100 valence electrons. The zero-order chi connectivity index (χ0) is 12.3. The van der Waals surface area contributed by atoms with Gasteiger partial charge in [-0.15, -0.1) is 0 Å². The largest absolute Gasteiger partial charge is 0.317 e. The van der Waals surface area contributed by atoms with Gasteiger partial charge in [-0.05, 0) is 37.6 Å². The van der Waals surface area contributed by atoms with Gasteiger partial charge in [0.1, 0.15) is 0 Å². The van der Waals surface area contributed by atoms with Crippen molar-refractivity contribution in [1.29, 1.82) is 0 Å². The number of nitrogens with zero attached hydrogens (tertiary/aromatic N) is 1. The van der Waals surface area contributed by atoms with Crippen molar-refractivity contribution in [2.45, 2.75) is 52.0 Å². The maximum absolute atomic E-state index is 3.56. The van der Waals surface area contributed by atoms with Crippen molar-refractivity contribution >= 4 is 0 Å². The summed E-state index contributed by atoms with van der Waals surface area (Å²) in [7, 11) is 2.15. The Hall–Kier alpha value is -0.0800. The zero-order valence-electron chi connectivity index (χ0n) is 11.9. The summed E-state index contributed by atoms with van der Waals surface area (Å²) in [6, 6.07) is 0.767. The first kappa shape index (κ1) is 13.4. The molecule has 0 spiro atoms. The normalized spacial score (nSPS) is 40.4. The lowest BCUT2D eigenvalue weighted by molar-refractivity contribution is 0.222. The van der Waals surface area contributed by atoms with Crippen molar-refractivity contribution in [3.63, 3.8) is 0 Å². The smallest absolute Gasteiger partial charge is 0.0104 e. The lowest BCUT2D eigenvalue weighted by atomic mass is 9.94. The minimum absolute atomic E-state index is 0.767. The highest BCUT2D eigenvalue weighted by molar-refractivity contribution is 4.85. The molecule has 2 rings (SSSR count). The van der Waals surface area contributed by atoms with Crippen molar-refractivity contribution in [2.75, 3.05) is 26.7 Å². The van der Waals surface area contributed by atoms with Crippen LogP contribution < -0.4 is 5.32 Å². The first-order valence-corrected chi connectivity index (χ1v) is 7.60. The van der Waals surface area contributed by atoms with Crippen LogP contribution in [-0.2, 0) is 0 Å². The SMILES string of the molecule is CNC1CCCCCC1CN1CC(C)C(C)C1. The second-order valence-electron chi connectivity index (χ2n) is 6.47. The summed E-state index contributed by atoms with van der Waals surface area (Å²) in [5, 5.41) is 3.56. The van der Waals surface area contributed by atoms with E-state index in [1.54, 1.807) is 0 Å². The lowest BCUT2D eigenvalue weighted by Gasteiger charge is -2.29. The third-order valence-electron chi connectivity index (χ3n) is 5.09. The molecule has 0 bridgehead atoms. The number of hydrogen-bond acceptors (Lipinski definition) is 2. The summed E-state index contributed by atoms with van der Waals surface area (Å²) in [5.74, 6) is 2.68. The lowest BCUT2D eigenvalue weighted by Crippen LogP contribution is -2.40. The standard InChI is InChI=1S/C15H30N2/c1-12-9-17(10-13(12)2)11-14-7-5-4-6-8-15(14)16-3/h12-16H,4-11H2,1-3H3. The van der Waals surface area contributed by atoms with Crippen LogP contribution in [0.25, 0.3) is 0 Å². The summed E-state index contributed by atoms with van der Waals surface area (Å²) in [5.41, 5.74) is 0. The van der Waals surface area contributed by atoms with Crippen LogP contribution in [0.5, 0.6) is 0 Å². The van der Waals surface area contributed by atoms with Crippen LogP contribution in [0.15, 0.2) is 0 Å². The molecule has 1 saturated carbocycles. The van der Waals surface area contributed by atoms with Gasteiger partial charge in [-0.25, -0.2) is 0 Å². The molecule has 0 aromatic carbocycles. The van der Waals surface area contributed by atoms with E-state index >= 15 is 0 Å². The van der Waals surface area contributed by atoms with Gasteiger partial charge in [-0.1, -0.05) is 33.1 Å². The summed E-state index contributed by atoms with van der Waals surface area (Å²) < 4.78 is 0. The molecule has 1 N–H and O–H groups in total. The molecular formula is C15H30N2. The molecule has 1 aliphatic carbocycles. The third kappa shape index (κ3) is 3.45. The highest BCUT2D eigenvalue weighted by atomic mass is 15.2. The summed E-state index contributed by atoms with van der Waals surface area (Å²) in [6.45, 7) is 8.81. The number of hydrogen-bond donors (Lipinski definition) is 1. The first-order chi connectivity index (χ1) is 8.20. The molecule has 0 aromatic heterocycles. The summed E-state index contributed by atoms with van der Waals surface area (Å²) in [4.78, 5) is 2.72. The molecule has 2 heteroatoms. The molecule has 17 heavy (non-hydrogen) atoms. The van der Waals surface area contributed by atoms with Crippen molar-refractivity contribution in [1.82, 2.24) is 10.2 Å². The van der Waals surface area contributed by atoms with Gasteiger partial charge in [-0.3, -0.25) is 0 Å². The van der Waals surface area contributed by atoms with Crippen LogP contribution in [0.4, 0.5) is 0 Å². The fourth-order valence-electron chi connectivity index (χ4n) is 3.71. The molecule has 2 nitrogen and oxygen atoms in total. The van der Waals surface area contributed by atoms with E-state index in [-0.39, 0.29) is 0 Å². The monoisotopic (exact) mass is 238 g/mol. The fourth-order valence-corrected chi connectivity index (χ4v) is 3.71. The van der Waals surface area contributed by atoms with E-state index in [1.165, 1.54) is 51.7 Å². The Morgan fingerprint density at radius 3 is 2.29 bits per heavy atom. The van der Waals surface area contributed by atoms with Crippen LogP contribution >= 0.6 is 0 Å². The minimum atomic E-state index is 0.767. The van der Waals surface area contributed by atoms with E-state index in [2.05, 4.69) is 31.1 Å². The van der Waals surface area contributed by atoms with Crippen LogP contribution in [0.3, 0.4) is 0 Å². The quantitative estimate of drug-likeness (QED) is 0.761. The molecule has 0 amide bonds. The third-order valence-corrected chi connectivity index (χ3v) is 5.09. The Labute approximate surface area is 107 Å². The van der Waals surface area contributed by atoms with Gasteiger partial charge in [0.2, 0.25) is 0 Å². The van der Waals surface area contributed by atoms with Crippen molar-refractivity contribution in [3.8, 4) is 0 Å². The van der Waals surface area contributed by atoms with Crippen LogP contribution in [-0.4, -0.2) is 37.6 Å². The Kier molecular flexibility index (Phi) is 4.87. The maximum atomic E-state index is 3.56. The Morgan fingerprint density at radius 2 is 1.65 bits per heavy atom. The fraction of sp³-hybridized carbons (Fsp3) is 1.00. The number of nitrogens with one attached hydrogen (secondary N) is 1. The highest BCUT2D eigenvalue weighted by Gasteiger charge is 2.30. The van der Waals surface area contributed by atoms with E-state index in [9.17, 15) is 0 Å². The Morgan fingerprint density at radius 1 is 1.00 bits per heavy atom. The van der Waals surface area contributed by atoms with Crippen molar-refractivity contribution < 1.29 is 0 Å². The predicted molar refractivity (Wildman–Crippen MR) is 74.2 cm³/mol. The zero-order valence-corrected chi connectivity index (χ0v) is 11.9. The minimum Gasteiger partial charge on any atom is -0.317 e. The summed E-state index contributed by atoms with van der Waals surface area (Å²) >= 11 is 0. The highest BCUT2D eigenvalue weighted by Crippen LogP contribution is 2.28. The van der Waals surface area contributed by atoms with Gasteiger partial charge in [0, 0.05) is 25.7 Å². The predicted octanol–water partition coefficient (Wildman–Crippen LogP) is 2.74. The van der Waals surface area contributed by atoms with E-state index < -0.39 is 0 Å². The van der Waals surface area contributed by atoms with Crippen LogP contribution in [0, 0.1) is 17.8 Å². The molecule has 1 aliphatic heterocycles. The molecule has 0 radical (unpaired) electrons. The van der Waals surface area contributed by atoms with E-state index in [0.717, 1.165) is 23.8 Å². The molecule has 4 unspecified atom stereocenters. The van der Waals surface area contributed by atoms with E-state index in [0.29, 0.717) is 0 Å². The van der Waals surface area contributed by atoms with Gasteiger partial charge >= 0.3 is 0 Å². The average molecular weight is 238 g/mol. The first-order valence-electron chi connectivity index (χ1n) is 7.60. The van der Waals surface area contributed by atoms with Gasteiger partial charge in [0.15, 0.2) is 0 Å². The molecule has 4 atom stereocenters. The molecule has 2 fully saturated rings.